The van der Waals surface area contributed by atoms with Crippen LogP contribution in [0.4, 0.5) is 5.69 Å². The summed E-state index contributed by atoms with van der Waals surface area (Å²) < 4.78 is 1.37. The Labute approximate surface area is 126 Å². The van der Waals surface area contributed by atoms with E-state index in [-0.39, 0.29) is 22.5 Å². The summed E-state index contributed by atoms with van der Waals surface area (Å²) in [6.45, 7) is 6.51. The van der Waals surface area contributed by atoms with Gasteiger partial charge in [-0.1, -0.05) is 18.5 Å². The molecule has 2 rings (SSSR count). The van der Waals surface area contributed by atoms with E-state index in [0.717, 1.165) is 5.01 Å². The van der Waals surface area contributed by atoms with Gasteiger partial charge in [-0.3, -0.25) is 4.79 Å². The average Bonchev–Trinajstić information content (AvgIpc) is 2.93. The fourth-order valence-corrected chi connectivity index (χ4v) is 2.66. The van der Waals surface area contributed by atoms with E-state index in [1.54, 1.807) is 23.7 Å². The van der Waals surface area contributed by atoms with Crippen LogP contribution in [0, 0.1) is 0 Å². The SMILES string of the molecule is CC(CNc1cnn(C(C)C)c(=O)c1Cl)c1nccs1. The Morgan fingerprint density at radius 1 is 1.45 bits per heavy atom. The number of hydrogen-bond acceptors (Lipinski definition) is 5. The van der Waals surface area contributed by atoms with Crippen molar-refractivity contribution in [3.05, 3.63) is 38.2 Å². The van der Waals surface area contributed by atoms with E-state index in [9.17, 15) is 4.79 Å². The highest BCUT2D eigenvalue weighted by atomic mass is 35.5. The first kappa shape index (κ1) is 15.0. The van der Waals surface area contributed by atoms with Crippen LogP contribution in [0.1, 0.15) is 37.7 Å². The van der Waals surface area contributed by atoms with E-state index in [1.165, 1.54) is 4.68 Å². The van der Waals surface area contributed by atoms with Gasteiger partial charge in [-0.2, -0.15) is 5.10 Å². The molecule has 0 aliphatic carbocycles. The quantitative estimate of drug-likeness (QED) is 0.921. The molecule has 1 N–H and O–H groups in total. The lowest BCUT2D eigenvalue weighted by atomic mass is 10.2. The maximum Gasteiger partial charge on any atom is 0.287 e. The number of hydrogen-bond donors (Lipinski definition) is 1. The summed E-state index contributed by atoms with van der Waals surface area (Å²) in [6.07, 6.45) is 3.38. The zero-order chi connectivity index (χ0) is 14.7. The second-order valence-corrected chi connectivity index (χ2v) is 6.17. The molecule has 7 heteroatoms. The first-order chi connectivity index (χ1) is 9.50. The first-order valence-corrected chi connectivity index (χ1v) is 7.67. The largest absolute Gasteiger partial charge is 0.382 e. The van der Waals surface area contributed by atoms with E-state index < -0.39 is 0 Å². The third-order valence-corrected chi connectivity index (χ3v) is 4.28. The fourth-order valence-electron chi connectivity index (χ4n) is 1.76. The van der Waals surface area contributed by atoms with Crippen molar-refractivity contribution in [3.8, 4) is 0 Å². The summed E-state index contributed by atoms with van der Waals surface area (Å²) in [4.78, 5) is 16.3. The minimum Gasteiger partial charge on any atom is -0.382 e. The Kier molecular flexibility index (Phi) is 4.77. The van der Waals surface area contributed by atoms with Crippen molar-refractivity contribution in [1.29, 1.82) is 0 Å². The van der Waals surface area contributed by atoms with Gasteiger partial charge in [0, 0.05) is 24.0 Å². The average molecular weight is 313 g/mol. The topological polar surface area (TPSA) is 59.8 Å². The van der Waals surface area contributed by atoms with Crippen molar-refractivity contribution in [2.24, 2.45) is 0 Å². The Hall–Kier alpha value is -1.40. The normalized spacial score (nSPS) is 12.7. The number of rotatable bonds is 5. The Morgan fingerprint density at radius 3 is 2.80 bits per heavy atom. The molecule has 0 aliphatic heterocycles. The minimum atomic E-state index is -0.270. The smallest absolute Gasteiger partial charge is 0.287 e. The van der Waals surface area contributed by atoms with Crippen LogP contribution in [-0.4, -0.2) is 21.3 Å². The summed E-state index contributed by atoms with van der Waals surface area (Å²) in [5, 5.41) is 10.5. The van der Waals surface area contributed by atoms with E-state index >= 15 is 0 Å². The molecule has 2 aromatic rings. The number of thiazole rings is 1. The number of aromatic nitrogens is 3. The monoisotopic (exact) mass is 312 g/mol. The third-order valence-electron chi connectivity index (χ3n) is 2.90. The molecule has 2 heterocycles. The van der Waals surface area contributed by atoms with Gasteiger partial charge in [-0.05, 0) is 13.8 Å². The van der Waals surface area contributed by atoms with Gasteiger partial charge in [0.2, 0.25) is 0 Å². The standard InChI is InChI=1S/C13H17ClN4OS/c1-8(2)18-13(19)11(14)10(7-17-18)16-6-9(3)12-15-4-5-20-12/h4-5,7-9,16H,6H2,1-3H3. The van der Waals surface area contributed by atoms with Crippen molar-refractivity contribution < 1.29 is 0 Å². The molecule has 0 fully saturated rings. The van der Waals surface area contributed by atoms with Gasteiger partial charge in [0.05, 0.1) is 22.9 Å². The van der Waals surface area contributed by atoms with Crippen molar-refractivity contribution in [1.82, 2.24) is 14.8 Å². The summed E-state index contributed by atoms with van der Waals surface area (Å²) in [7, 11) is 0. The lowest BCUT2D eigenvalue weighted by molar-refractivity contribution is 0.503. The second-order valence-electron chi connectivity index (χ2n) is 4.87. The molecule has 108 valence electrons. The van der Waals surface area contributed by atoms with Crippen LogP contribution in [0.15, 0.2) is 22.6 Å². The van der Waals surface area contributed by atoms with Gasteiger partial charge in [0.25, 0.3) is 5.56 Å². The van der Waals surface area contributed by atoms with Crippen molar-refractivity contribution >= 4 is 28.6 Å². The fraction of sp³-hybridized carbons (Fsp3) is 0.462. The number of nitrogens with zero attached hydrogens (tertiary/aromatic N) is 3. The summed E-state index contributed by atoms with van der Waals surface area (Å²) in [5.41, 5.74) is 0.297. The van der Waals surface area contributed by atoms with Crippen LogP contribution >= 0.6 is 22.9 Å². The number of nitrogens with one attached hydrogen (secondary N) is 1. The lowest BCUT2D eigenvalue weighted by Crippen LogP contribution is -2.26. The predicted molar refractivity (Wildman–Crippen MR) is 82.9 cm³/mol. The minimum absolute atomic E-state index is 0.0108. The molecule has 1 atom stereocenters. The van der Waals surface area contributed by atoms with Crippen LogP contribution in [0.5, 0.6) is 0 Å². The van der Waals surface area contributed by atoms with Gasteiger partial charge < -0.3 is 5.32 Å². The highest BCUT2D eigenvalue weighted by Crippen LogP contribution is 2.21. The first-order valence-electron chi connectivity index (χ1n) is 6.41. The van der Waals surface area contributed by atoms with Crippen molar-refractivity contribution in [3.63, 3.8) is 0 Å². The predicted octanol–water partition coefficient (Wildman–Crippen LogP) is 3.15. The van der Waals surface area contributed by atoms with Crippen LogP contribution in [0.3, 0.4) is 0 Å². The molecule has 0 saturated heterocycles. The van der Waals surface area contributed by atoms with E-state index in [4.69, 9.17) is 11.6 Å². The highest BCUT2D eigenvalue weighted by Gasteiger charge is 2.13. The molecular weight excluding hydrogens is 296 g/mol. The number of halogens is 1. The van der Waals surface area contributed by atoms with E-state index in [1.807, 2.05) is 19.2 Å². The maximum atomic E-state index is 12.0. The molecule has 2 aromatic heterocycles. The van der Waals surface area contributed by atoms with E-state index in [2.05, 4.69) is 22.3 Å². The van der Waals surface area contributed by atoms with Gasteiger partial charge in [-0.15, -0.1) is 11.3 Å². The maximum absolute atomic E-state index is 12.0. The molecule has 0 spiro atoms. The zero-order valence-electron chi connectivity index (χ0n) is 11.6. The van der Waals surface area contributed by atoms with Crippen LogP contribution in [0.25, 0.3) is 0 Å². The van der Waals surface area contributed by atoms with Gasteiger partial charge in [0.1, 0.15) is 5.02 Å². The molecule has 0 saturated carbocycles. The molecule has 0 bridgehead atoms. The van der Waals surface area contributed by atoms with Crippen LogP contribution in [-0.2, 0) is 0 Å². The molecule has 1 unspecified atom stereocenters. The molecule has 0 aliphatic rings. The molecule has 0 amide bonds. The van der Waals surface area contributed by atoms with Crippen molar-refractivity contribution in [2.45, 2.75) is 32.7 Å². The number of anilines is 1. The molecule has 0 aromatic carbocycles. The molecule has 20 heavy (non-hydrogen) atoms. The zero-order valence-corrected chi connectivity index (χ0v) is 13.2. The Morgan fingerprint density at radius 2 is 2.20 bits per heavy atom. The Balaban J connectivity index is 2.11. The van der Waals surface area contributed by atoms with Crippen LogP contribution < -0.4 is 10.9 Å². The summed E-state index contributed by atoms with van der Waals surface area (Å²) in [5.74, 6) is 0.249. The van der Waals surface area contributed by atoms with Crippen LogP contribution in [0.2, 0.25) is 5.02 Å². The molecule has 0 radical (unpaired) electrons. The molecule has 5 nitrogen and oxygen atoms in total. The molecular formula is C13H17ClN4OS. The van der Waals surface area contributed by atoms with E-state index in [0.29, 0.717) is 12.2 Å². The third kappa shape index (κ3) is 3.19. The van der Waals surface area contributed by atoms with Gasteiger partial charge in [0.15, 0.2) is 0 Å². The lowest BCUT2D eigenvalue weighted by Gasteiger charge is -2.14. The highest BCUT2D eigenvalue weighted by molar-refractivity contribution is 7.09. The van der Waals surface area contributed by atoms with Gasteiger partial charge >= 0.3 is 0 Å². The van der Waals surface area contributed by atoms with Gasteiger partial charge in [-0.25, -0.2) is 9.67 Å². The summed E-state index contributed by atoms with van der Waals surface area (Å²) in [6, 6.07) is -0.0108. The second kappa shape index (κ2) is 6.37. The Bertz CT molecular complexity index is 624. The summed E-state index contributed by atoms with van der Waals surface area (Å²) >= 11 is 7.72. The van der Waals surface area contributed by atoms with Crippen molar-refractivity contribution in [2.75, 3.05) is 11.9 Å².